The molecule has 1 unspecified atom stereocenters. The fourth-order valence-electron chi connectivity index (χ4n) is 0.124. The third-order valence-electron chi connectivity index (χ3n) is 0.420. The van der Waals surface area contributed by atoms with Crippen LogP contribution in [0.2, 0.25) is 0 Å². The maximum Gasteiger partial charge on any atom is 1.00 e. The third kappa shape index (κ3) is 6.62. The van der Waals surface area contributed by atoms with Crippen LogP contribution in [0.4, 0.5) is 17.6 Å². The topological polar surface area (TPSA) is 43.4 Å². The molecule has 0 aliphatic heterocycles. The van der Waals surface area contributed by atoms with Crippen molar-refractivity contribution in [2.45, 2.75) is 12.5 Å². The zero-order valence-corrected chi connectivity index (χ0v) is 6.04. The van der Waals surface area contributed by atoms with E-state index in [1.54, 1.807) is 0 Å². The van der Waals surface area contributed by atoms with Gasteiger partial charge in [-0.05, 0) is 0 Å². The van der Waals surface area contributed by atoms with Gasteiger partial charge in [0.25, 0.3) is 6.36 Å². The summed E-state index contributed by atoms with van der Waals surface area (Å²) in [4.78, 5) is 0. The standard InChI is InChI=1S/C2HF4O3S.Li/c3-1(2(4,5)6)9-10(7)8;/h1H;/q-1;+1. The van der Waals surface area contributed by atoms with Gasteiger partial charge in [-0.25, -0.2) is 4.39 Å². The van der Waals surface area contributed by atoms with E-state index in [1.165, 1.54) is 0 Å². The zero-order valence-electron chi connectivity index (χ0n) is 5.22. The summed E-state index contributed by atoms with van der Waals surface area (Å²) in [6.07, 6.45) is -9.06. The average molecular weight is 188 g/mol. The average Bonchev–Trinajstić information content (AvgIpc) is 1.60. The Bertz CT molecular complexity index is 169. The van der Waals surface area contributed by atoms with Gasteiger partial charge >= 0.3 is 25.0 Å². The van der Waals surface area contributed by atoms with E-state index < -0.39 is 23.5 Å². The molecule has 0 N–H and O–H groups in total. The van der Waals surface area contributed by atoms with E-state index in [0.29, 0.717) is 0 Å². The van der Waals surface area contributed by atoms with Crippen LogP contribution in [0.5, 0.6) is 0 Å². The van der Waals surface area contributed by atoms with Crippen LogP contribution in [0.25, 0.3) is 0 Å². The van der Waals surface area contributed by atoms with E-state index in [4.69, 9.17) is 0 Å². The molecule has 0 aliphatic rings. The summed E-state index contributed by atoms with van der Waals surface area (Å²) >= 11 is 0. The molecule has 0 aromatic carbocycles. The minimum Gasteiger partial charge on any atom is -0.397 e. The Kier molecular flexibility index (Phi) is 6.24. The first kappa shape index (κ1) is 13.8. The first-order valence-electron chi connectivity index (χ1n) is 1.81. The van der Waals surface area contributed by atoms with Gasteiger partial charge in [-0.15, -0.1) is 0 Å². The summed E-state index contributed by atoms with van der Waals surface area (Å²) in [5.74, 6) is 0. The molecule has 0 fully saturated rings. The van der Waals surface area contributed by atoms with Crippen molar-refractivity contribution >= 4 is 11.0 Å². The molecule has 0 saturated carbocycles. The largest absolute Gasteiger partial charge is 1.00 e. The molecule has 0 bridgehead atoms. The fraction of sp³-hybridized carbons (Fsp3) is 1.00. The van der Waals surface area contributed by atoms with Gasteiger partial charge in [-0.3, -0.25) is 0 Å². The zero-order chi connectivity index (χ0) is 8.36. The predicted octanol–water partition coefficient (Wildman–Crippen LogP) is -1.91. The summed E-state index contributed by atoms with van der Waals surface area (Å²) in [5, 5.41) is 0. The van der Waals surface area contributed by atoms with Crippen molar-refractivity contribution in [2.24, 2.45) is 0 Å². The van der Waals surface area contributed by atoms with Crippen LogP contribution in [0.15, 0.2) is 0 Å². The van der Waals surface area contributed by atoms with Gasteiger partial charge in [0.15, 0.2) is 0 Å². The smallest absolute Gasteiger partial charge is 0.397 e. The molecule has 9 heteroatoms. The Morgan fingerprint density at radius 3 is 1.73 bits per heavy atom. The SMILES string of the molecule is O=[S-](=O)OC(F)C(F)(F)F.[Li+]. The van der Waals surface area contributed by atoms with Crippen LogP contribution in [0.3, 0.4) is 0 Å². The number of halogens is 4. The van der Waals surface area contributed by atoms with Crippen LogP contribution < -0.4 is 18.9 Å². The molecule has 1 atom stereocenters. The minimum absolute atomic E-state index is 0. The summed E-state index contributed by atoms with van der Waals surface area (Å²) in [6, 6.07) is 0. The second kappa shape index (κ2) is 4.98. The Morgan fingerprint density at radius 1 is 1.27 bits per heavy atom. The Labute approximate surface area is 73.0 Å². The summed E-state index contributed by atoms with van der Waals surface area (Å²) in [7, 11) is -3.49. The van der Waals surface area contributed by atoms with Gasteiger partial charge in [-0.1, -0.05) is 0 Å². The molecule has 0 aromatic heterocycles. The third-order valence-corrected chi connectivity index (χ3v) is 0.746. The second-order valence-corrected chi connectivity index (χ2v) is 1.76. The van der Waals surface area contributed by atoms with E-state index in [-0.39, 0.29) is 18.9 Å². The predicted molar refractivity (Wildman–Crippen MR) is 20.8 cm³/mol. The van der Waals surface area contributed by atoms with Crippen molar-refractivity contribution in [1.29, 1.82) is 0 Å². The maximum absolute atomic E-state index is 11.4. The van der Waals surface area contributed by atoms with Crippen LogP contribution in [-0.4, -0.2) is 12.5 Å². The number of hydrogen-bond donors (Lipinski definition) is 0. The maximum atomic E-state index is 11.4. The molecule has 11 heavy (non-hydrogen) atoms. The van der Waals surface area contributed by atoms with Crippen molar-refractivity contribution in [3.63, 3.8) is 0 Å². The van der Waals surface area contributed by atoms with E-state index >= 15 is 0 Å². The second-order valence-electron chi connectivity index (χ2n) is 1.16. The van der Waals surface area contributed by atoms with E-state index in [9.17, 15) is 26.0 Å². The van der Waals surface area contributed by atoms with Crippen molar-refractivity contribution in [3.05, 3.63) is 0 Å². The van der Waals surface area contributed by atoms with Gasteiger partial charge in [-0.2, -0.15) is 13.2 Å². The molecule has 0 rings (SSSR count). The van der Waals surface area contributed by atoms with Gasteiger partial charge < -0.3 is 12.6 Å². The van der Waals surface area contributed by atoms with E-state index in [1.807, 2.05) is 0 Å². The van der Waals surface area contributed by atoms with Gasteiger partial charge in [0, 0.05) is 0 Å². The molecule has 3 nitrogen and oxygen atoms in total. The minimum atomic E-state index is -5.29. The Balaban J connectivity index is 0. The molecule has 0 heterocycles. The van der Waals surface area contributed by atoms with Crippen LogP contribution in [-0.2, 0) is 23.6 Å². The molecule has 0 aliphatic carbocycles. The van der Waals surface area contributed by atoms with Crippen LogP contribution >= 0.6 is 0 Å². The molecule has 0 radical (unpaired) electrons. The number of rotatable bonds is 2. The van der Waals surface area contributed by atoms with Gasteiger partial charge in [0.05, 0.1) is 11.0 Å². The molecule has 0 aromatic rings. The van der Waals surface area contributed by atoms with Crippen LogP contribution in [0, 0.1) is 0 Å². The van der Waals surface area contributed by atoms with Crippen LogP contribution in [0.1, 0.15) is 0 Å². The van der Waals surface area contributed by atoms with Crippen molar-refractivity contribution in [1.82, 2.24) is 0 Å². The van der Waals surface area contributed by atoms with Crippen molar-refractivity contribution < 1.29 is 49.0 Å². The monoisotopic (exact) mass is 188 g/mol. The van der Waals surface area contributed by atoms with E-state index in [2.05, 4.69) is 4.18 Å². The molecule has 0 amide bonds. The quantitative estimate of drug-likeness (QED) is 0.288. The first-order valence-corrected chi connectivity index (χ1v) is 2.81. The van der Waals surface area contributed by atoms with Crippen molar-refractivity contribution in [2.75, 3.05) is 0 Å². The number of alkyl halides is 4. The normalized spacial score (nSPS) is 14.3. The molecule has 0 saturated heterocycles. The molecule has 62 valence electrons. The summed E-state index contributed by atoms with van der Waals surface area (Å²) in [6.45, 7) is 0. The summed E-state index contributed by atoms with van der Waals surface area (Å²) in [5.41, 5.74) is 0. The summed E-state index contributed by atoms with van der Waals surface area (Å²) < 4.78 is 65.9. The van der Waals surface area contributed by atoms with Gasteiger partial charge in [0.1, 0.15) is 0 Å². The Morgan fingerprint density at radius 2 is 1.64 bits per heavy atom. The number of hydrogen-bond acceptors (Lipinski definition) is 4. The van der Waals surface area contributed by atoms with E-state index in [0.717, 1.165) is 0 Å². The van der Waals surface area contributed by atoms with Gasteiger partial charge in [0.2, 0.25) is 0 Å². The fourth-order valence-corrected chi connectivity index (χ4v) is 0.371. The molecule has 0 spiro atoms. The molecular formula is C2HF4LiO3S. The first-order chi connectivity index (χ1) is 4.34. The molecular weight excluding hydrogens is 187 g/mol. The Hall–Kier alpha value is 0.227. The van der Waals surface area contributed by atoms with Crippen molar-refractivity contribution in [3.8, 4) is 0 Å².